The van der Waals surface area contributed by atoms with Crippen LogP contribution < -0.4 is 18.9 Å². The fraction of sp³-hybridized carbons (Fsp3) is 0.222. The Morgan fingerprint density at radius 2 is 1.14 bits per heavy atom. The van der Waals surface area contributed by atoms with Crippen molar-refractivity contribution in [2.45, 2.75) is 38.9 Å². The van der Waals surface area contributed by atoms with Gasteiger partial charge >= 0.3 is 5.84 Å². The molecule has 0 saturated carbocycles. The van der Waals surface area contributed by atoms with Gasteiger partial charge < -0.3 is 23.8 Å². The molecule has 14 heteroatoms. The van der Waals surface area contributed by atoms with Crippen molar-refractivity contribution in [2.75, 3.05) is 14.2 Å². The minimum atomic E-state index is -0.660. The highest BCUT2D eigenvalue weighted by atomic mass is 32.1. The van der Waals surface area contributed by atoms with Crippen LogP contribution in [0.3, 0.4) is 0 Å². The number of hydrogen-bond donors (Lipinski definition) is 0. The maximum atomic E-state index is 9.21. The average molecular weight is 733 g/mol. The van der Waals surface area contributed by atoms with Gasteiger partial charge in [-0.1, -0.05) is 22.9 Å². The van der Waals surface area contributed by atoms with E-state index in [1.165, 1.54) is 22.7 Å². The number of amidine groups is 1. The fourth-order valence-electron chi connectivity index (χ4n) is 5.98. The number of thiophene rings is 4. The second-order valence-electron chi connectivity index (χ2n) is 12.1. The number of aliphatic imine (C=N–C) groups is 2. The maximum Gasteiger partial charge on any atom is 0.350 e. The summed E-state index contributed by atoms with van der Waals surface area (Å²) in [5.41, 5.74) is 2.66. The second kappa shape index (κ2) is 12.1. The highest BCUT2D eigenvalue weighted by molar-refractivity contribution is 7.26. The van der Waals surface area contributed by atoms with Crippen molar-refractivity contribution >= 4 is 66.9 Å². The SMILES string of the molecule is [C-]#[N+]C(C#N)=Nc1cc(OC)c(-c2cc3c(s2)-c2cc4c(cc2C(C)(C)O3)-c2sc(-c3sc(N=C(C#N)C#N)cc3OC)cc2OC4(C)C)s1. The molecule has 0 N–H and O–H groups in total. The Morgan fingerprint density at radius 3 is 1.54 bits per heavy atom. The van der Waals surface area contributed by atoms with Gasteiger partial charge in [-0.15, -0.1) is 34.0 Å². The summed E-state index contributed by atoms with van der Waals surface area (Å²) in [6, 6.07) is 17.4. The molecule has 0 radical (unpaired) electrons. The zero-order valence-corrected chi connectivity index (χ0v) is 30.7. The van der Waals surface area contributed by atoms with E-state index >= 15 is 0 Å². The van der Waals surface area contributed by atoms with E-state index < -0.39 is 11.2 Å². The Bertz CT molecular complexity index is 2280. The molecule has 4 aromatic heterocycles. The first-order valence-electron chi connectivity index (χ1n) is 14.9. The Labute approximate surface area is 303 Å². The number of fused-ring (bicyclic) bond motifs is 6. The smallest absolute Gasteiger partial charge is 0.350 e. The molecule has 0 bridgehead atoms. The quantitative estimate of drug-likeness (QED) is 0.0962. The third-order valence-electron chi connectivity index (χ3n) is 8.18. The normalized spacial score (nSPS) is 14.5. The van der Waals surface area contributed by atoms with E-state index in [-0.39, 0.29) is 11.5 Å². The highest BCUT2D eigenvalue weighted by Gasteiger charge is 2.41. The molecule has 7 rings (SSSR count). The van der Waals surface area contributed by atoms with Crippen molar-refractivity contribution in [3.63, 3.8) is 0 Å². The lowest BCUT2D eigenvalue weighted by atomic mass is 9.81. The van der Waals surface area contributed by atoms with E-state index in [1.807, 2.05) is 30.3 Å². The summed E-state index contributed by atoms with van der Waals surface area (Å²) >= 11 is 5.87. The number of hydrogen-bond acceptors (Lipinski definition) is 13. The maximum absolute atomic E-state index is 9.21. The Kier molecular flexibility index (Phi) is 8.02. The summed E-state index contributed by atoms with van der Waals surface area (Å²) < 4.78 is 24.7. The van der Waals surface area contributed by atoms with Gasteiger partial charge in [0.25, 0.3) is 0 Å². The van der Waals surface area contributed by atoms with Crippen LogP contribution in [0, 0.1) is 40.6 Å². The van der Waals surface area contributed by atoms with E-state index in [0.29, 0.717) is 21.5 Å². The third kappa shape index (κ3) is 5.40. The minimum absolute atomic E-state index is 0.222. The lowest BCUT2D eigenvalue weighted by Crippen LogP contribution is -2.32. The molecule has 10 nitrogen and oxygen atoms in total. The molecular formula is C36H24N6O4S4. The number of rotatable bonds is 6. The lowest BCUT2D eigenvalue weighted by Gasteiger charge is -2.38. The van der Waals surface area contributed by atoms with Gasteiger partial charge in [-0.3, -0.25) is 0 Å². The third-order valence-corrected chi connectivity index (χ3v) is 12.9. The van der Waals surface area contributed by atoms with Crippen molar-refractivity contribution < 1.29 is 18.9 Å². The van der Waals surface area contributed by atoms with Crippen LogP contribution in [0.4, 0.5) is 10.0 Å². The number of nitrogens with zero attached hydrogens (tertiary/aromatic N) is 6. The van der Waals surface area contributed by atoms with Gasteiger partial charge in [0.05, 0.1) is 43.5 Å². The Balaban J connectivity index is 1.35. The molecule has 0 spiro atoms. The van der Waals surface area contributed by atoms with Crippen LogP contribution in [0.5, 0.6) is 23.0 Å². The Morgan fingerprint density at radius 1 is 0.680 bits per heavy atom. The topological polar surface area (TPSA) is 137 Å². The number of ether oxygens (including phenoxy) is 4. The predicted octanol–water partition coefficient (Wildman–Crippen LogP) is 10.5. The monoisotopic (exact) mass is 732 g/mol. The van der Waals surface area contributed by atoms with E-state index in [0.717, 1.165) is 63.0 Å². The van der Waals surface area contributed by atoms with Crippen LogP contribution in [-0.2, 0) is 11.2 Å². The van der Waals surface area contributed by atoms with Gasteiger partial charge in [-0.25, -0.2) is 10.3 Å². The zero-order chi connectivity index (χ0) is 35.5. The van der Waals surface area contributed by atoms with Gasteiger partial charge in [-0.2, -0.15) is 10.5 Å². The molecule has 2 aliphatic rings. The van der Waals surface area contributed by atoms with Crippen LogP contribution in [0.1, 0.15) is 38.8 Å². The largest absolute Gasteiger partial charge is 0.495 e. The van der Waals surface area contributed by atoms with Crippen molar-refractivity contribution in [1.82, 2.24) is 0 Å². The van der Waals surface area contributed by atoms with Crippen molar-refractivity contribution in [2.24, 2.45) is 9.98 Å². The molecular weight excluding hydrogens is 709 g/mol. The van der Waals surface area contributed by atoms with Gasteiger partial charge in [0, 0.05) is 46.5 Å². The molecule has 2 aliphatic heterocycles. The first-order valence-corrected chi connectivity index (χ1v) is 18.2. The van der Waals surface area contributed by atoms with Gasteiger partial charge in [-0.05, 0) is 39.8 Å². The molecule has 50 heavy (non-hydrogen) atoms. The molecule has 0 unspecified atom stereocenters. The number of nitriles is 3. The lowest BCUT2D eigenvalue weighted by molar-refractivity contribution is 0.102. The molecule has 0 saturated heterocycles. The summed E-state index contributed by atoms with van der Waals surface area (Å²) in [5.74, 6) is 2.48. The minimum Gasteiger partial charge on any atom is -0.495 e. The zero-order valence-electron chi connectivity index (χ0n) is 27.4. The molecule has 0 atom stereocenters. The Hall–Kier alpha value is -5.48. The number of benzene rings is 1. The number of methoxy groups -OCH3 is 2. The van der Waals surface area contributed by atoms with Crippen LogP contribution >= 0.6 is 45.3 Å². The van der Waals surface area contributed by atoms with E-state index in [9.17, 15) is 15.8 Å². The van der Waals surface area contributed by atoms with Crippen molar-refractivity contribution in [3.05, 3.63) is 58.9 Å². The van der Waals surface area contributed by atoms with E-state index in [4.69, 9.17) is 25.5 Å². The molecule has 5 aromatic rings. The fourth-order valence-corrected chi connectivity index (χ4v) is 10.4. The van der Waals surface area contributed by atoms with Crippen LogP contribution in [0.25, 0.3) is 45.2 Å². The molecule has 0 amide bonds. The highest BCUT2D eigenvalue weighted by Crippen LogP contribution is 2.59. The summed E-state index contributed by atoms with van der Waals surface area (Å²) in [7, 11) is 3.16. The van der Waals surface area contributed by atoms with Crippen LogP contribution in [0.2, 0.25) is 0 Å². The van der Waals surface area contributed by atoms with E-state index in [1.54, 1.807) is 49.0 Å². The molecule has 1 aromatic carbocycles. The second-order valence-corrected chi connectivity index (χ2v) is 16.2. The van der Waals surface area contributed by atoms with Crippen LogP contribution in [-0.4, -0.2) is 25.8 Å². The van der Waals surface area contributed by atoms with Crippen molar-refractivity contribution in [1.29, 1.82) is 15.8 Å². The molecule has 246 valence electrons. The average Bonchev–Trinajstić information content (AvgIpc) is 3.89. The van der Waals surface area contributed by atoms with Gasteiger partial charge in [0.15, 0.2) is 0 Å². The standard InChI is InChI=1S/C36H24N6O4S4/c1-35(2)20-9-19-21(8-18(20)31-24(45-35)10-26(47-31)33-22(43-6)12-29(49-33)41-17(14-37)15-38)36(3,4)46-25-11-27(48-32(19)25)34-23(44-7)13-30(50-34)42-28(16-39)40-5/h8-13H,1-4,6-7H3. The van der Waals surface area contributed by atoms with Gasteiger partial charge in [0.1, 0.15) is 57.4 Å². The van der Waals surface area contributed by atoms with Crippen molar-refractivity contribution in [3.8, 4) is 81.6 Å². The molecule has 0 aliphatic carbocycles. The summed E-state index contributed by atoms with van der Waals surface area (Å²) in [6.45, 7) is 15.4. The molecule has 6 heterocycles. The summed E-state index contributed by atoms with van der Waals surface area (Å²) in [4.78, 5) is 17.0. The first kappa shape index (κ1) is 33.0. The van der Waals surface area contributed by atoms with Crippen LogP contribution in [0.15, 0.2) is 46.4 Å². The predicted molar refractivity (Wildman–Crippen MR) is 198 cm³/mol. The molecule has 0 fully saturated rings. The first-order chi connectivity index (χ1) is 23.9. The summed E-state index contributed by atoms with van der Waals surface area (Å²) in [5, 5.41) is 28.6. The summed E-state index contributed by atoms with van der Waals surface area (Å²) in [6.07, 6.45) is 0. The van der Waals surface area contributed by atoms with Gasteiger partial charge in [0.2, 0.25) is 10.7 Å². The van der Waals surface area contributed by atoms with E-state index in [2.05, 4.69) is 54.7 Å².